The number of anilines is 1. The number of pyridine rings is 1. The Labute approximate surface area is 165 Å². The number of hydrogen-bond acceptors (Lipinski definition) is 6. The predicted molar refractivity (Wildman–Crippen MR) is 105 cm³/mol. The molecule has 0 aliphatic heterocycles. The first kappa shape index (κ1) is 19.0. The van der Waals surface area contributed by atoms with Gasteiger partial charge in [0.2, 0.25) is 0 Å². The highest BCUT2D eigenvalue weighted by Gasteiger charge is 2.13. The Balaban J connectivity index is 1.49. The molecule has 0 aliphatic carbocycles. The lowest BCUT2D eigenvalue weighted by atomic mass is 10.2. The number of nitrogens with zero attached hydrogens (tertiary/aromatic N) is 2. The molecule has 138 valence electrons. The Kier molecular flexibility index (Phi) is 6.16. The van der Waals surface area contributed by atoms with Crippen LogP contribution in [0.2, 0.25) is 5.02 Å². The normalized spacial score (nSPS) is 10.4. The summed E-state index contributed by atoms with van der Waals surface area (Å²) < 4.78 is 5.02. The number of hydrogen-bond donors (Lipinski definition) is 1. The van der Waals surface area contributed by atoms with Crippen LogP contribution in [0.15, 0.2) is 48.1 Å². The van der Waals surface area contributed by atoms with Gasteiger partial charge in [-0.05, 0) is 36.8 Å². The van der Waals surface area contributed by atoms with Gasteiger partial charge in [-0.25, -0.2) is 4.98 Å². The van der Waals surface area contributed by atoms with Crippen molar-refractivity contribution in [1.29, 1.82) is 0 Å². The minimum absolute atomic E-state index is 0.00463. The Morgan fingerprint density at radius 3 is 2.89 bits per heavy atom. The van der Waals surface area contributed by atoms with Gasteiger partial charge in [-0.1, -0.05) is 17.7 Å². The Morgan fingerprint density at radius 1 is 1.30 bits per heavy atom. The van der Waals surface area contributed by atoms with Crippen LogP contribution in [0.1, 0.15) is 11.3 Å². The topological polar surface area (TPSA) is 81.2 Å². The number of ether oxygens (including phenoxy) is 1. The van der Waals surface area contributed by atoms with Crippen LogP contribution in [0.5, 0.6) is 0 Å². The zero-order valence-electron chi connectivity index (χ0n) is 14.4. The molecule has 0 fully saturated rings. The summed E-state index contributed by atoms with van der Waals surface area (Å²) in [5.74, 6) is -0.980. The second-order valence-corrected chi connectivity index (χ2v) is 7.02. The van der Waals surface area contributed by atoms with Crippen LogP contribution < -0.4 is 5.32 Å². The zero-order chi connectivity index (χ0) is 19.2. The molecule has 0 saturated carbocycles. The average Bonchev–Trinajstić information content (AvgIpc) is 3.11. The van der Waals surface area contributed by atoms with E-state index in [0.29, 0.717) is 16.4 Å². The van der Waals surface area contributed by atoms with Crippen molar-refractivity contribution in [2.75, 3.05) is 11.9 Å². The van der Waals surface area contributed by atoms with Crippen molar-refractivity contribution < 1.29 is 14.3 Å². The molecule has 1 aromatic carbocycles. The lowest BCUT2D eigenvalue weighted by molar-refractivity contribution is -0.146. The van der Waals surface area contributed by atoms with Gasteiger partial charge in [0.15, 0.2) is 6.61 Å². The van der Waals surface area contributed by atoms with Gasteiger partial charge in [0, 0.05) is 23.3 Å². The lowest BCUT2D eigenvalue weighted by Crippen LogP contribution is -2.21. The maximum atomic E-state index is 12.0. The van der Waals surface area contributed by atoms with E-state index in [0.717, 1.165) is 16.1 Å². The first-order valence-corrected chi connectivity index (χ1v) is 9.33. The molecule has 2 heterocycles. The van der Waals surface area contributed by atoms with Crippen LogP contribution in [0.4, 0.5) is 5.69 Å². The smallest absolute Gasteiger partial charge is 0.312 e. The summed E-state index contributed by atoms with van der Waals surface area (Å²) >= 11 is 7.48. The van der Waals surface area contributed by atoms with Crippen LogP contribution in [-0.2, 0) is 20.7 Å². The highest BCUT2D eigenvalue weighted by Crippen LogP contribution is 2.23. The molecule has 0 unspecified atom stereocenters. The zero-order valence-corrected chi connectivity index (χ0v) is 16.0. The van der Waals surface area contributed by atoms with Gasteiger partial charge in [-0.3, -0.25) is 14.6 Å². The van der Waals surface area contributed by atoms with E-state index >= 15 is 0 Å². The summed E-state index contributed by atoms with van der Waals surface area (Å²) in [6.45, 7) is 1.51. The number of carbonyl (C=O) groups excluding carboxylic acids is 2. The summed E-state index contributed by atoms with van der Waals surface area (Å²) in [5, 5.41) is 5.61. The first-order valence-electron chi connectivity index (χ1n) is 8.07. The number of nitrogens with one attached hydrogen (secondary N) is 1. The van der Waals surface area contributed by atoms with Crippen LogP contribution in [0.25, 0.3) is 10.6 Å². The van der Waals surface area contributed by atoms with Crippen molar-refractivity contribution in [3.63, 3.8) is 0 Å². The Bertz CT molecular complexity index is 960. The number of benzene rings is 1. The molecular weight excluding hydrogens is 386 g/mol. The molecule has 0 radical (unpaired) electrons. The third-order valence-electron chi connectivity index (χ3n) is 3.55. The van der Waals surface area contributed by atoms with Crippen molar-refractivity contribution in [2.24, 2.45) is 0 Å². The molecule has 0 spiro atoms. The number of carbonyl (C=O) groups is 2. The van der Waals surface area contributed by atoms with Crippen LogP contribution >= 0.6 is 22.9 Å². The quantitative estimate of drug-likeness (QED) is 0.633. The number of halogens is 1. The summed E-state index contributed by atoms with van der Waals surface area (Å²) in [6, 6.07) is 8.99. The molecule has 0 aliphatic rings. The largest absolute Gasteiger partial charge is 0.455 e. The van der Waals surface area contributed by atoms with E-state index in [1.807, 2.05) is 25.1 Å². The standard InChI is InChI=1S/C19H16ClN3O3S/c1-12-4-5-16(15(20)7-12)23-17(24)10-26-18(25)8-14-11-27-19(22-14)13-3-2-6-21-9-13/h2-7,9,11H,8,10H2,1H3,(H,23,24). The fourth-order valence-corrected chi connectivity index (χ4v) is 3.36. The number of thiazole rings is 1. The van der Waals surface area contributed by atoms with Crippen LogP contribution in [0, 0.1) is 6.92 Å². The molecule has 1 amide bonds. The Hall–Kier alpha value is -2.77. The maximum absolute atomic E-state index is 12.0. The highest BCUT2D eigenvalue weighted by atomic mass is 35.5. The van der Waals surface area contributed by atoms with Gasteiger partial charge < -0.3 is 10.1 Å². The fraction of sp³-hybridized carbons (Fsp3) is 0.158. The van der Waals surface area contributed by atoms with E-state index in [-0.39, 0.29) is 13.0 Å². The van der Waals surface area contributed by atoms with E-state index < -0.39 is 11.9 Å². The van der Waals surface area contributed by atoms with E-state index in [9.17, 15) is 9.59 Å². The molecule has 3 rings (SSSR count). The molecule has 27 heavy (non-hydrogen) atoms. The van der Waals surface area contributed by atoms with Gasteiger partial charge in [-0.15, -0.1) is 11.3 Å². The van der Waals surface area contributed by atoms with Crippen molar-refractivity contribution in [3.8, 4) is 10.6 Å². The van der Waals surface area contributed by atoms with Crippen LogP contribution in [0.3, 0.4) is 0 Å². The third kappa shape index (κ3) is 5.35. The average molecular weight is 402 g/mol. The molecule has 0 saturated heterocycles. The predicted octanol–water partition coefficient (Wildman–Crippen LogP) is 3.89. The van der Waals surface area contributed by atoms with Crippen LogP contribution in [-0.4, -0.2) is 28.5 Å². The number of aryl methyl sites for hydroxylation is 1. The van der Waals surface area contributed by atoms with E-state index in [1.165, 1.54) is 11.3 Å². The third-order valence-corrected chi connectivity index (χ3v) is 4.80. The summed E-state index contributed by atoms with van der Waals surface area (Å²) in [6.07, 6.45) is 3.39. The number of esters is 1. The molecule has 0 bridgehead atoms. The molecular formula is C19H16ClN3O3S. The van der Waals surface area contributed by atoms with Crippen molar-refractivity contribution in [2.45, 2.75) is 13.3 Å². The molecule has 3 aromatic rings. The second-order valence-electron chi connectivity index (χ2n) is 5.75. The van der Waals surface area contributed by atoms with E-state index in [1.54, 1.807) is 29.9 Å². The molecule has 1 N–H and O–H groups in total. The Morgan fingerprint density at radius 2 is 2.15 bits per heavy atom. The van der Waals surface area contributed by atoms with Crippen molar-refractivity contribution >= 4 is 40.5 Å². The highest BCUT2D eigenvalue weighted by molar-refractivity contribution is 7.13. The number of amides is 1. The SMILES string of the molecule is Cc1ccc(NC(=O)COC(=O)Cc2csc(-c3cccnc3)n2)c(Cl)c1. The van der Waals surface area contributed by atoms with Gasteiger partial charge in [0.25, 0.3) is 5.91 Å². The minimum Gasteiger partial charge on any atom is -0.455 e. The maximum Gasteiger partial charge on any atom is 0.312 e. The number of rotatable bonds is 6. The van der Waals surface area contributed by atoms with Crippen molar-refractivity contribution in [1.82, 2.24) is 9.97 Å². The number of aromatic nitrogens is 2. The van der Waals surface area contributed by atoms with Crippen molar-refractivity contribution in [3.05, 3.63) is 64.4 Å². The molecule has 6 nitrogen and oxygen atoms in total. The fourth-order valence-electron chi connectivity index (χ4n) is 2.26. The summed E-state index contributed by atoms with van der Waals surface area (Å²) in [5.41, 5.74) is 2.93. The summed E-state index contributed by atoms with van der Waals surface area (Å²) in [4.78, 5) is 32.3. The molecule has 0 atom stereocenters. The second kappa shape index (κ2) is 8.75. The van der Waals surface area contributed by atoms with E-state index in [4.69, 9.17) is 16.3 Å². The van der Waals surface area contributed by atoms with Gasteiger partial charge in [-0.2, -0.15) is 0 Å². The molecule has 8 heteroatoms. The summed E-state index contributed by atoms with van der Waals surface area (Å²) in [7, 11) is 0. The first-order chi connectivity index (χ1) is 13.0. The monoisotopic (exact) mass is 401 g/mol. The lowest BCUT2D eigenvalue weighted by Gasteiger charge is -2.08. The van der Waals surface area contributed by atoms with Gasteiger partial charge in [0.05, 0.1) is 22.8 Å². The van der Waals surface area contributed by atoms with Gasteiger partial charge >= 0.3 is 5.97 Å². The van der Waals surface area contributed by atoms with Gasteiger partial charge in [0.1, 0.15) is 5.01 Å². The van der Waals surface area contributed by atoms with E-state index in [2.05, 4.69) is 15.3 Å². The molecule has 2 aromatic heterocycles. The minimum atomic E-state index is -0.525.